The maximum Gasteiger partial charge on any atom is 0.184 e. The highest BCUT2D eigenvalue weighted by molar-refractivity contribution is 7.71. The molecule has 0 aromatic carbocycles. The van der Waals surface area contributed by atoms with Gasteiger partial charge < -0.3 is 9.94 Å². The van der Waals surface area contributed by atoms with Crippen LogP contribution in [0.2, 0.25) is 0 Å². The van der Waals surface area contributed by atoms with E-state index in [1.54, 1.807) is 12.1 Å². The number of aromatic nitrogens is 1. The average Bonchev–Trinajstić information content (AvgIpc) is 1.99. The Kier molecular flexibility index (Phi) is 2.48. The van der Waals surface area contributed by atoms with Gasteiger partial charge in [0, 0.05) is 6.20 Å². The van der Waals surface area contributed by atoms with Crippen LogP contribution in [0.1, 0.15) is 6.92 Å². The average molecular weight is 171 g/mol. The second-order valence-corrected chi connectivity index (χ2v) is 2.34. The maximum absolute atomic E-state index is 9.06. The summed E-state index contributed by atoms with van der Waals surface area (Å²) in [5, 5.41) is 9.06. The van der Waals surface area contributed by atoms with Crippen molar-refractivity contribution in [3.63, 3.8) is 0 Å². The molecule has 0 radical (unpaired) electrons. The zero-order valence-corrected chi connectivity index (χ0v) is 6.97. The highest BCUT2D eigenvalue weighted by atomic mass is 32.1. The zero-order valence-electron chi connectivity index (χ0n) is 6.15. The lowest BCUT2D eigenvalue weighted by molar-refractivity contribution is 0.175. The van der Waals surface area contributed by atoms with E-state index < -0.39 is 0 Å². The summed E-state index contributed by atoms with van der Waals surface area (Å²) in [6.45, 7) is 2.41. The molecule has 1 aromatic heterocycles. The fourth-order valence-electron chi connectivity index (χ4n) is 0.729. The Morgan fingerprint density at radius 2 is 2.45 bits per heavy atom. The van der Waals surface area contributed by atoms with Gasteiger partial charge in [-0.2, -0.15) is 4.73 Å². The van der Waals surface area contributed by atoms with Crippen molar-refractivity contribution in [2.24, 2.45) is 0 Å². The van der Waals surface area contributed by atoms with Gasteiger partial charge in [0.25, 0.3) is 0 Å². The van der Waals surface area contributed by atoms with Crippen molar-refractivity contribution in [3.8, 4) is 5.75 Å². The molecule has 4 heteroatoms. The van der Waals surface area contributed by atoms with Crippen LogP contribution in [0.4, 0.5) is 0 Å². The molecule has 0 aliphatic heterocycles. The van der Waals surface area contributed by atoms with Crippen LogP contribution in [0.15, 0.2) is 18.3 Å². The van der Waals surface area contributed by atoms with Gasteiger partial charge in [0.15, 0.2) is 10.4 Å². The summed E-state index contributed by atoms with van der Waals surface area (Å²) in [4.78, 5) is 0. The number of rotatable bonds is 2. The Balaban J connectivity index is 3.07. The fourth-order valence-corrected chi connectivity index (χ4v) is 0.917. The molecule has 0 fully saturated rings. The van der Waals surface area contributed by atoms with Crippen LogP contribution in [-0.2, 0) is 0 Å². The van der Waals surface area contributed by atoms with Crippen LogP contribution >= 0.6 is 12.2 Å². The summed E-state index contributed by atoms with van der Waals surface area (Å²) in [5.74, 6) is 0.535. The molecule has 60 valence electrons. The van der Waals surface area contributed by atoms with Gasteiger partial charge in [-0.05, 0) is 19.1 Å². The van der Waals surface area contributed by atoms with Gasteiger partial charge in [0.05, 0.1) is 6.61 Å². The number of hydrogen-bond donors (Lipinski definition) is 1. The number of pyridine rings is 1. The Morgan fingerprint density at radius 3 is 3.09 bits per heavy atom. The van der Waals surface area contributed by atoms with Gasteiger partial charge in [-0.25, -0.2) is 0 Å². The van der Waals surface area contributed by atoms with E-state index in [4.69, 9.17) is 22.2 Å². The largest absolute Gasteiger partial charge is 0.491 e. The van der Waals surface area contributed by atoms with Gasteiger partial charge >= 0.3 is 0 Å². The second-order valence-electron chi connectivity index (χ2n) is 1.96. The molecule has 11 heavy (non-hydrogen) atoms. The number of ether oxygens (including phenoxy) is 1. The van der Waals surface area contributed by atoms with E-state index >= 15 is 0 Å². The normalized spacial score (nSPS) is 9.55. The van der Waals surface area contributed by atoms with Crippen molar-refractivity contribution in [2.45, 2.75) is 6.92 Å². The van der Waals surface area contributed by atoms with E-state index in [0.717, 1.165) is 4.73 Å². The molecule has 0 aliphatic carbocycles. The Bertz CT molecular complexity index is 295. The molecular formula is C7H9NO2S. The molecular weight excluding hydrogens is 162 g/mol. The predicted molar refractivity (Wildman–Crippen MR) is 43.6 cm³/mol. The summed E-state index contributed by atoms with van der Waals surface area (Å²) in [6, 6.07) is 3.39. The third-order valence-corrected chi connectivity index (χ3v) is 1.58. The Morgan fingerprint density at radius 1 is 1.73 bits per heavy atom. The molecule has 0 unspecified atom stereocenters. The lowest BCUT2D eigenvalue weighted by atomic mass is 10.5. The SMILES string of the molecule is CCOc1cccn(O)c1=S. The number of hydrogen-bond acceptors (Lipinski definition) is 3. The van der Waals surface area contributed by atoms with E-state index in [9.17, 15) is 0 Å². The van der Waals surface area contributed by atoms with Crippen molar-refractivity contribution in [3.05, 3.63) is 23.0 Å². The molecule has 0 amide bonds. The van der Waals surface area contributed by atoms with Crippen molar-refractivity contribution in [1.29, 1.82) is 0 Å². The molecule has 0 saturated heterocycles. The molecule has 0 saturated carbocycles. The predicted octanol–water partition coefficient (Wildman–Crippen LogP) is 1.85. The van der Waals surface area contributed by atoms with Crippen LogP contribution in [-0.4, -0.2) is 16.5 Å². The van der Waals surface area contributed by atoms with Gasteiger partial charge in [0.1, 0.15) is 0 Å². The van der Waals surface area contributed by atoms with Crippen molar-refractivity contribution in [2.75, 3.05) is 6.61 Å². The molecule has 0 aliphatic rings. The van der Waals surface area contributed by atoms with E-state index in [1.807, 2.05) is 6.92 Å². The van der Waals surface area contributed by atoms with Crippen LogP contribution in [0.5, 0.6) is 5.75 Å². The summed E-state index contributed by atoms with van der Waals surface area (Å²) >= 11 is 4.85. The minimum atomic E-state index is 0.300. The molecule has 1 heterocycles. The molecule has 0 spiro atoms. The number of nitrogens with zero attached hydrogens (tertiary/aromatic N) is 1. The van der Waals surface area contributed by atoms with Gasteiger partial charge in [-0.1, -0.05) is 12.2 Å². The first-order chi connectivity index (χ1) is 5.25. The first-order valence-corrected chi connectivity index (χ1v) is 3.70. The summed E-state index contributed by atoms with van der Waals surface area (Å²) in [7, 11) is 0. The Labute approximate surface area is 69.8 Å². The fraction of sp³-hybridized carbons (Fsp3) is 0.286. The van der Waals surface area contributed by atoms with Gasteiger partial charge in [-0.15, -0.1) is 0 Å². The van der Waals surface area contributed by atoms with E-state index in [1.165, 1.54) is 6.20 Å². The molecule has 1 aromatic rings. The van der Waals surface area contributed by atoms with Gasteiger partial charge in [0.2, 0.25) is 0 Å². The van der Waals surface area contributed by atoms with E-state index in [-0.39, 0.29) is 0 Å². The molecule has 3 nitrogen and oxygen atoms in total. The summed E-state index contributed by atoms with van der Waals surface area (Å²) in [6.07, 6.45) is 1.46. The molecule has 0 bridgehead atoms. The summed E-state index contributed by atoms with van der Waals surface area (Å²) in [5.41, 5.74) is 0. The van der Waals surface area contributed by atoms with Crippen LogP contribution in [0, 0.1) is 4.64 Å². The third kappa shape index (κ3) is 1.71. The first-order valence-electron chi connectivity index (χ1n) is 3.29. The smallest absolute Gasteiger partial charge is 0.184 e. The zero-order chi connectivity index (χ0) is 8.27. The topological polar surface area (TPSA) is 34.4 Å². The minimum absolute atomic E-state index is 0.300. The minimum Gasteiger partial charge on any atom is -0.491 e. The molecule has 1 rings (SSSR count). The quantitative estimate of drug-likeness (QED) is 0.544. The lowest BCUT2D eigenvalue weighted by Crippen LogP contribution is -1.98. The monoisotopic (exact) mass is 171 g/mol. The third-order valence-electron chi connectivity index (χ3n) is 1.19. The first kappa shape index (κ1) is 8.07. The van der Waals surface area contributed by atoms with Crippen LogP contribution < -0.4 is 4.74 Å². The van der Waals surface area contributed by atoms with Crippen molar-refractivity contribution in [1.82, 2.24) is 4.73 Å². The highest BCUT2D eigenvalue weighted by Gasteiger charge is 1.96. The summed E-state index contributed by atoms with van der Waals surface area (Å²) < 4.78 is 6.29. The van der Waals surface area contributed by atoms with Crippen LogP contribution in [0.3, 0.4) is 0 Å². The lowest BCUT2D eigenvalue weighted by Gasteiger charge is -2.03. The molecule has 0 atom stereocenters. The second kappa shape index (κ2) is 3.39. The van der Waals surface area contributed by atoms with E-state index in [0.29, 0.717) is 17.0 Å². The highest BCUT2D eigenvalue weighted by Crippen LogP contribution is 2.10. The maximum atomic E-state index is 9.06. The van der Waals surface area contributed by atoms with Crippen LogP contribution in [0.25, 0.3) is 0 Å². The Hall–Kier alpha value is -1.03. The van der Waals surface area contributed by atoms with E-state index in [2.05, 4.69) is 0 Å². The van der Waals surface area contributed by atoms with Crippen molar-refractivity contribution >= 4 is 12.2 Å². The molecule has 1 N–H and O–H groups in total. The van der Waals surface area contributed by atoms with Crippen molar-refractivity contribution < 1.29 is 9.94 Å². The standard InChI is InChI=1S/C7H9NO2S/c1-2-10-6-4-3-5-8(9)7(6)11/h3-5,9H,2H2,1H3. The van der Waals surface area contributed by atoms with Gasteiger partial charge in [-0.3, -0.25) is 0 Å².